The molecule has 6 heteroatoms. The maximum absolute atomic E-state index is 10.7. The molecule has 17 heavy (non-hydrogen) atoms. The number of morpholine rings is 1. The summed E-state index contributed by atoms with van der Waals surface area (Å²) in [6.07, 6.45) is 0. The summed E-state index contributed by atoms with van der Waals surface area (Å²) in [5, 5.41) is 20.1. The zero-order valence-electron chi connectivity index (χ0n) is 9.33. The number of non-ortho nitro benzene ring substituents is 1. The van der Waals surface area contributed by atoms with Crippen LogP contribution in [0.15, 0.2) is 18.2 Å². The fourth-order valence-corrected chi connectivity index (χ4v) is 1.87. The van der Waals surface area contributed by atoms with Gasteiger partial charge < -0.3 is 9.84 Å². The molecule has 0 unspecified atom stereocenters. The second-order valence-electron chi connectivity index (χ2n) is 4.00. The normalized spacial score (nSPS) is 16.9. The van der Waals surface area contributed by atoms with Gasteiger partial charge in [-0.2, -0.15) is 0 Å². The lowest BCUT2D eigenvalue weighted by atomic mass is 10.1. The lowest BCUT2D eigenvalue weighted by molar-refractivity contribution is -0.385. The molecule has 1 N–H and O–H groups in total. The second kappa shape index (κ2) is 5.11. The third-order valence-electron chi connectivity index (χ3n) is 2.68. The molecule has 0 spiro atoms. The van der Waals surface area contributed by atoms with Crippen LogP contribution in [0.3, 0.4) is 0 Å². The van der Waals surface area contributed by atoms with E-state index in [0.29, 0.717) is 19.8 Å². The molecular weight excluding hydrogens is 224 g/mol. The summed E-state index contributed by atoms with van der Waals surface area (Å²) in [5.41, 5.74) is 0.673. The van der Waals surface area contributed by atoms with Crippen molar-refractivity contribution >= 4 is 5.69 Å². The number of hydrogen-bond acceptors (Lipinski definition) is 5. The number of phenolic OH excluding ortho intramolecular Hbond substituents is 1. The summed E-state index contributed by atoms with van der Waals surface area (Å²) in [4.78, 5) is 12.3. The van der Waals surface area contributed by atoms with Gasteiger partial charge in [-0.3, -0.25) is 15.0 Å². The molecule has 1 saturated heterocycles. The minimum atomic E-state index is -0.497. The summed E-state index contributed by atoms with van der Waals surface area (Å²) >= 11 is 0. The Balaban J connectivity index is 2.11. The Hall–Kier alpha value is -1.66. The van der Waals surface area contributed by atoms with Gasteiger partial charge in [0.15, 0.2) is 0 Å². The minimum Gasteiger partial charge on any atom is -0.508 e. The van der Waals surface area contributed by atoms with Crippen LogP contribution in [0, 0.1) is 10.1 Å². The van der Waals surface area contributed by atoms with Crippen molar-refractivity contribution in [2.24, 2.45) is 0 Å². The molecule has 0 amide bonds. The van der Waals surface area contributed by atoms with Crippen LogP contribution in [0.4, 0.5) is 5.69 Å². The smallest absolute Gasteiger partial charge is 0.273 e. The molecule has 2 rings (SSSR count). The second-order valence-corrected chi connectivity index (χ2v) is 4.00. The largest absolute Gasteiger partial charge is 0.508 e. The van der Waals surface area contributed by atoms with Crippen LogP contribution in [-0.4, -0.2) is 41.2 Å². The molecule has 6 nitrogen and oxygen atoms in total. The number of hydrogen-bond donors (Lipinski definition) is 1. The SMILES string of the molecule is O=[N+]([O-])c1cc(O)cc(CN2CCOCC2)c1. The molecule has 0 aromatic heterocycles. The first-order valence-electron chi connectivity index (χ1n) is 5.42. The summed E-state index contributed by atoms with van der Waals surface area (Å²) in [6.45, 7) is 3.58. The van der Waals surface area contributed by atoms with Crippen molar-refractivity contribution in [1.82, 2.24) is 4.90 Å². The number of phenols is 1. The average molecular weight is 238 g/mol. The van der Waals surface area contributed by atoms with Crippen LogP contribution in [0.1, 0.15) is 5.56 Å². The van der Waals surface area contributed by atoms with E-state index in [0.717, 1.165) is 24.7 Å². The van der Waals surface area contributed by atoms with E-state index in [-0.39, 0.29) is 11.4 Å². The number of ether oxygens (including phenoxy) is 1. The highest BCUT2D eigenvalue weighted by molar-refractivity contribution is 5.42. The van der Waals surface area contributed by atoms with Gasteiger partial charge in [-0.05, 0) is 11.6 Å². The predicted molar refractivity (Wildman–Crippen MR) is 60.9 cm³/mol. The van der Waals surface area contributed by atoms with Gasteiger partial charge in [-0.25, -0.2) is 0 Å². The molecule has 1 aromatic carbocycles. The topological polar surface area (TPSA) is 75.8 Å². The number of nitro groups is 1. The molecule has 1 heterocycles. The van der Waals surface area contributed by atoms with Crippen LogP contribution in [-0.2, 0) is 11.3 Å². The van der Waals surface area contributed by atoms with E-state index < -0.39 is 4.92 Å². The molecule has 1 fully saturated rings. The Kier molecular flexibility index (Phi) is 3.55. The fraction of sp³-hybridized carbons (Fsp3) is 0.455. The lowest BCUT2D eigenvalue weighted by Gasteiger charge is -2.26. The lowest BCUT2D eigenvalue weighted by Crippen LogP contribution is -2.35. The van der Waals surface area contributed by atoms with Gasteiger partial charge in [0, 0.05) is 25.7 Å². The highest BCUT2D eigenvalue weighted by Gasteiger charge is 2.14. The molecule has 0 saturated carbocycles. The average Bonchev–Trinajstić information content (AvgIpc) is 2.29. The van der Waals surface area contributed by atoms with Crippen molar-refractivity contribution in [1.29, 1.82) is 0 Å². The van der Waals surface area contributed by atoms with E-state index in [1.54, 1.807) is 6.07 Å². The van der Waals surface area contributed by atoms with Gasteiger partial charge in [-0.15, -0.1) is 0 Å². The van der Waals surface area contributed by atoms with Gasteiger partial charge in [-0.1, -0.05) is 0 Å². The van der Waals surface area contributed by atoms with Crippen LogP contribution in [0.25, 0.3) is 0 Å². The number of rotatable bonds is 3. The Labute approximate surface area is 98.6 Å². The van der Waals surface area contributed by atoms with Gasteiger partial charge in [0.2, 0.25) is 0 Å². The van der Waals surface area contributed by atoms with Crippen LogP contribution in [0.5, 0.6) is 5.75 Å². The van der Waals surface area contributed by atoms with Crippen molar-refractivity contribution in [3.8, 4) is 5.75 Å². The first kappa shape index (κ1) is 11.8. The first-order valence-corrected chi connectivity index (χ1v) is 5.42. The van der Waals surface area contributed by atoms with E-state index in [4.69, 9.17) is 4.74 Å². The Morgan fingerprint density at radius 2 is 2.06 bits per heavy atom. The summed E-state index contributed by atoms with van der Waals surface area (Å²) in [7, 11) is 0. The molecular formula is C11H14N2O4. The molecule has 92 valence electrons. The summed E-state index contributed by atoms with van der Waals surface area (Å²) < 4.78 is 5.22. The number of nitrogens with zero attached hydrogens (tertiary/aromatic N) is 2. The fourth-order valence-electron chi connectivity index (χ4n) is 1.87. The highest BCUT2D eigenvalue weighted by Crippen LogP contribution is 2.22. The Morgan fingerprint density at radius 3 is 2.71 bits per heavy atom. The van der Waals surface area contributed by atoms with E-state index in [2.05, 4.69) is 4.90 Å². The molecule has 1 aliphatic heterocycles. The number of benzene rings is 1. The number of aromatic hydroxyl groups is 1. The summed E-state index contributed by atoms with van der Waals surface area (Å²) in [6, 6.07) is 4.21. The van der Waals surface area contributed by atoms with E-state index in [1.807, 2.05) is 0 Å². The van der Waals surface area contributed by atoms with Gasteiger partial charge in [0.25, 0.3) is 5.69 Å². The van der Waals surface area contributed by atoms with Gasteiger partial charge in [0.1, 0.15) is 5.75 Å². The van der Waals surface area contributed by atoms with Crippen molar-refractivity contribution < 1.29 is 14.8 Å². The van der Waals surface area contributed by atoms with Crippen molar-refractivity contribution in [3.05, 3.63) is 33.9 Å². The third kappa shape index (κ3) is 3.15. The number of nitro benzene ring substituents is 1. The zero-order chi connectivity index (χ0) is 12.3. The quantitative estimate of drug-likeness (QED) is 0.631. The van der Waals surface area contributed by atoms with Crippen molar-refractivity contribution in [2.75, 3.05) is 26.3 Å². The zero-order valence-corrected chi connectivity index (χ0v) is 9.33. The maximum Gasteiger partial charge on any atom is 0.273 e. The molecule has 0 radical (unpaired) electrons. The first-order chi connectivity index (χ1) is 8.15. The van der Waals surface area contributed by atoms with Gasteiger partial charge in [0.05, 0.1) is 24.2 Å². The van der Waals surface area contributed by atoms with Crippen LogP contribution >= 0.6 is 0 Å². The van der Waals surface area contributed by atoms with E-state index in [1.165, 1.54) is 6.07 Å². The van der Waals surface area contributed by atoms with Crippen molar-refractivity contribution in [2.45, 2.75) is 6.54 Å². The third-order valence-corrected chi connectivity index (χ3v) is 2.68. The molecule has 1 aliphatic rings. The van der Waals surface area contributed by atoms with E-state index >= 15 is 0 Å². The summed E-state index contributed by atoms with van der Waals surface area (Å²) in [5.74, 6) is -0.0672. The predicted octanol–water partition coefficient (Wildman–Crippen LogP) is 1.13. The molecule has 0 bridgehead atoms. The molecule has 1 aromatic rings. The van der Waals surface area contributed by atoms with Crippen LogP contribution < -0.4 is 0 Å². The molecule has 0 atom stereocenters. The maximum atomic E-state index is 10.7. The van der Waals surface area contributed by atoms with E-state index in [9.17, 15) is 15.2 Å². The molecule has 0 aliphatic carbocycles. The monoisotopic (exact) mass is 238 g/mol. The standard InChI is InChI=1S/C11H14N2O4/c14-11-6-9(5-10(7-11)13(15)16)8-12-1-3-17-4-2-12/h5-7,14H,1-4,8H2. The Bertz CT molecular complexity index is 416. The Morgan fingerprint density at radius 1 is 1.35 bits per heavy atom. The van der Waals surface area contributed by atoms with Crippen molar-refractivity contribution in [3.63, 3.8) is 0 Å². The minimum absolute atomic E-state index is 0.0672. The highest BCUT2D eigenvalue weighted by atomic mass is 16.6. The van der Waals surface area contributed by atoms with Gasteiger partial charge >= 0.3 is 0 Å². The van der Waals surface area contributed by atoms with Crippen LogP contribution in [0.2, 0.25) is 0 Å².